The van der Waals surface area contributed by atoms with E-state index >= 15 is 0 Å². The maximum atomic E-state index is 12.1. The lowest BCUT2D eigenvalue weighted by molar-refractivity contribution is -0.274. The van der Waals surface area contributed by atoms with E-state index in [1.807, 2.05) is 20.8 Å². The third-order valence-corrected chi connectivity index (χ3v) is 3.02. The lowest BCUT2D eigenvalue weighted by Gasteiger charge is -2.21. The Morgan fingerprint density at radius 1 is 1.12 bits per heavy atom. The van der Waals surface area contributed by atoms with Crippen molar-refractivity contribution in [3.8, 4) is 5.75 Å². The molecule has 0 aromatic heterocycles. The van der Waals surface area contributed by atoms with E-state index in [0.717, 1.165) is 5.56 Å². The van der Waals surface area contributed by atoms with Gasteiger partial charge in [0.2, 0.25) is 5.91 Å². The first-order valence-electron chi connectivity index (χ1n) is 8.09. The molecule has 1 rings (SSSR count). The third kappa shape index (κ3) is 9.75. The highest BCUT2D eigenvalue weighted by molar-refractivity contribution is 5.86. The average Bonchev–Trinajstić information content (AvgIpc) is 2.49. The van der Waals surface area contributed by atoms with Gasteiger partial charge in [-0.15, -0.1) is 13.2 Å². The first-order chi connectivity index (χ1) is 12.0. The minimum absolute atomic E-state index is 0.0838. The second-order valence-corrected chi connectivity index (χ2v) is 6.59. The van der Waals surface area contributed by atoms with E-state index in [-0.39, 0.29) is 23.7 Å². The van der Waals surface area contributed by atoms with Crippen LogP contribution >= 0.6 is 0 Å². The van der Waals surface area contributed by atoms with Crippen molar-refractivity contribution in [1.82, 2.24) is 16.0 Å². The van der Waals surface area contributed by atoms with Crippen LogP contribution in [0.15, 0.2) is 29.3 Å². The summed E-state index contributed by atoms with van der Waals surface area (Å²) in [6.07, 6.45) is -4.12. The summed E-state index contributed by atoms with van der Waals surface area (Å²) in [6.45, 7) is 6.26. The van der Waals surface area contributed by atoms with Crippen LogP contribution < -0.4 is 20.7 Å². The predicted molar refractivity (Wildman–Crippen MR) is 94.1 cm³/mol. The molecule has 0 spiro atoms. The summed E-state index contributed by atoms with van der Waals surface area (Å²) < 4.78 is 40.2. The zero-order valence-electron chi connectivity index (χ0n) is 15.3. The maximum absolute atomic E-state index is 12.1. The molecule has 26 heavy (non-hydrogen) atoms. The van der Waals surface area contributed by atoms with Gasteiger partial charge in [-0.05, 0) is 44.9 Å². The molecule has 0 saturated carbocycles. The molecule has 0 aliphatic carbocycles. The van der Waals surface area contributed by atoms with Gasteiger partial charge in [-0.2, -0.15) is 0 Å². The van der Waals surface area contributed by atoms with E-state index in [0.29, 0.717) is 18.9 Å². The predicted octanol–water partition coefficient (Wildman–Crippen LogP) is 2.21. The van der Waals surface area contributed by atoms with Gasteiger partial charge in [0.25, 0.3) is 0 Å². The molecule has 3 N–H and O–H groups in total. The van der Waals surface area contributed by atoms with E-state index in [1.165, 1.54) is 12.1 Å². The van der Waals surface area contributed by atoms with Crippen molar-refractivity contribution in [3.63, 3.8) is 0 Å². The Morgan fingerprint density at radius 3 is 2.23 bits per heavy atom. The molecule has 1 aromatic rings. The number of carbonyl (C=O) groups excluding carboxylic acids is 1. The SMILES string of the molecule is CN=C(NCCc1ccc(OC(F)(F)F)cc1)NCC(=O)NC(C)(C)C. The molecule has 0 fully saturated rings. The number of ether oxygens (including phenoxy) is 1. The lowest BCUT2D eigenvalue weighted by Crippen LogP contribution is -2.48. The number of guanidine groups is 1. The number of hydrogen-bond donors (Lipinski definition) is 3. The zero-order valence-corrected chi connectivity index (χ0v) is 15.3. The fourth-order valence-electron chi connectivity index (χ4n) is 2.03. The standard InChI is InChI=1S/C17H25F3N4O2/c1-16(2,3)24-14(25)11-23-15(21-4)22-10-9-12-5-7-13(8-6-12)26-17(18,19)20/h5-8H,9-11H2,1-4H3,(H,24,25)(H2,21,22,23). The van der Waals surface area contributed by atoms with Crippen LogP contribution in [0, 0.1) is 0 Å². The van der Waals surface area contributed by atoms with E-state index in [9.17, 15) is 18.0 Å². The van der Waals surface area contributed by atoms with Gasteiger partial charge < -0.3 is 20.7 Å². The molecule has 0 aliphatic rings. The summed E-state index contributed by atoms with van der Waals surface area (Å²) in [6, 6.07) is 5.67. The minimum atomic E-state index is -4.69. The molecule has 0 aliphatic heterocycles. The maximum Gasteiger partial charge on any atom is 0.573 e. The van der Waals surface area contributed by atoms with E-state index in [4.69, 9.17) is 0 Å². The molecule has 0 atom stereocenters. The minimum Gasteiger partial charge on any atom is -0.406 e. The number of aliphatic imine (C=N–C) groups is 1. The number of halogens is 3. The molecule has 0 radical (unpaired) electrons. The molecular formula is C17H25F3N4O2. The Bertz CT molecular complexity index is 608. The number of amides is 1. The third-order valence-electron chi connectivity index (χ3n) is 3.02. The van der Waals surface area contributed by atoms with Crippen LogP contribution in [0.25, 0.3) is 0 Å². The summed E-state index contributed by atoms with van der Waals surface area (Å²) in [4.78, 5) is 15.8. The Labute approximate surface area is 151 Å². The second-order valence-electron chi connectivity index (χ2n) is 6.59. The normalized spacial score (nSPS) is 12.5. The van der Waals surface area contributed by atoms with Crippen molar-refractivity contribution < 1.29 is 22.7 Å². The molecule has 0 unspecified atom stereocenters. The first kappa shape index (κ1) is 21.6. The number of carbonyl (C=O) groups is 1. The van der Waals surface area contributed by atoms with Crippen LogP contribution in [0.2, 0.25) is 0 Å². The van der Waals surface area contributed by atoms with Gasteiger partial charge in [-0.3, -0.25) is 9.79 Å². The molecule has 146 valence electrons. The Morgan fingerprint density at radius 2 is 1.73 bits per heavy atom. The number of alkyl halides is 3. The molecule has 0 bridgehead atoms. The van der Waals surface area contributed by atoms with Gasteiger partial charge in [0.1, 0.15) is 5.75 Å². The summed E-state index contributed by atoms with van der Waals surface area (Å²) in [7, 11) is 1.58. The van der Waals surface area contributed by atoms with Crippen LogP contribution in [-0.2, 0) is 11.2 Å². The van der Waals surface area contributed by atoms with Gasteiger partial charge >= 0.3 is 6.36 Å². The fraction of sp³-hybridized carbons (Fsp3) is 0.529. The smallest absolute Gasteiger partial charge is 0.406 e. The topological polar surface area (TPSA) is 74.8 Å². The quantitative estimate of drug-likeness (QED) is 0.527. The summed E-state index contributed by atoms with van der Waals surface area (Å²) in [5.74, 6) is 0.0586. The monoisotopic (exact) mass is 374 g/mol. The molecule has 1 amide bonds. The van der Waals surface area contributed by atoms with Crippen molar-refractivity contribution in [3.05, 3.63) is 29.8 Å². The largest absolute Gasteiger partial charge is 0.573 e. The molecule has 1 aromatic carbocycles. The highest BCUT2D eigenvalue weighted by Crippen LogP contribution is 2.22. The van der Waals surface area contributed by atoms with Gasteiger partial charge in [-0.25, -0.2) is 0 Å². The van der Waals surface area contributed by atoms with Gasteiger partial charge in [0, 0.05) is 19.1 Å². The Balaban J connectivity index is 2.37. The van der Waals surface area contributed by atoms with Crippen molar-refractivity contribution in [2.24, 2.45) is 4.99 Å². The van der Waals surface area contributed by atoms with Crippen LogP contribution in [0.1, 0.15) is 26.3 Å². The number of nitrogens with one attached hydrogen (secondary N) is 3. The molecule has 0 saturated heterocycles. The van der Waals surface area contributed by atoms with Crippen LogP contribution in [0.3, 0.4) is 0 Å². The lowest BCUT2D eigenvalue weighted by atomic mass is 10.1. The zero-order chi connectivity index (χ0) is 19.8. The van der Waals surface area contributed by atoms with Gasteiger partial charge in [0.15, 0.2) is 5.96 Å². The average molecular weight is 374 g/mol. The van der Waals surface area contributed by atoms with Gasteiger partial charge in [0.05, 0.1) is 6.54 Å². The number of hydrogen-bond acceptors (Lipinski definition) is 3. The molecular weight excluding hydrogens is 349 g/mol. The number of nitrogens with zero attached hydrogens (tertiary/aromatic N) is 1. The Kier molecular flexibility index (Phi) is 7.73. The summed E-state index contributed by atoms with van der Waals surface area (Å²) in [5, 5.41) is 8.76. The Hall–Kier alpha value is -2.45. The van der Waals surface area contributed by atoms with Crippen LogP contribution in [0.4, 0.5) is 13.2 Å². The number of rotatable bonds is 6. The molecule has 0 heterocycles. The van der Waals surface area contributed by atoms with E-state index in [2.05, 4.69) is 25.7 Å². The highest BCUT2D eigenvalue weighted by atomic mass is 19.4. The fourth-order valence-corrected chi connectivity index (χ4v) is 2.03. The van der Waals surface area contributed by atoms with Crippen molar-refractivity contribution in [2.45, 2.75) is 39.1 Å². The van der Waals surface area contributed by atoms with Crippen LogP contribution in [-0.4, -0.2) is 43.9 Å². The molecule has 6 nitrogen and oxygen atoms in total. The van der Waals surface area contributed by atoms with Crippen LogP contribution in [0.5, 0.6) is 5.75 Å². The first-order valence-corrected chi connectivity index (χ1v) is 8.09. The van der Waals surface area contributed by atoms with Gasteiger partial charge in [-0.1, -0.05) is 12.1 Å². The highest BCUT2D eigenvalue weighted by Gasteiger charge is 2.30. The molecule has 9 heteroatoms. The van der Waals surface area contributed by atoms with E-state index < -0.39 is 6.36 Å². The van der Waals surface area contributed by atoms with E-state index in [1.54, 1.807) is 19.2 Å². The summed E-state index contributed by atoms with van der Waals surface area (Å²) in [5.41, 5.74) is 0.533. The second kappa shape index (κ2) is 9.30. The number of benzene rings is 1. The van der Waals surface area contributed by atoms with Crippen molar-refractivity contribution >= 4 is 11.9 Å². The van der Waals surface area contributed by atoms with Crippen molar-refractivity contribution in [2.75, 3.05) is 20.1 Å². The van der Waals surface area contributed by atoms with Crippen molar-refractivity contribution in [1.29, 1.82) is 0 Å². The summed E-state index contributed by atoms with van der Waals surface area (Å²) >= 11 is 0.